The van der Waals surface area contributed by atoms with Crippen LogP contribution in [-0.4, -0.2) is 16.5 Å². The average molecular weight is 421 g/mol. The lowest BCUT2D eigenvalue weighted by atomic mass is 10.2. The van der Waals surface area contributed by atoms with Crippen LogP contribution < -0.4 is 10.0 Å². The van der Waals surface area contributed by atoms with Gasteiger partial charge in [-0.05, 0) is 47.5 Å². The highest BCUT2D eigenvalue weighted by Crippen LogP contribution is 2.26. The molecular weight excluding hydrogens is 406 g/mol. The van der Waals surface area contributed by atoms with Crippen molar-refractivity contribution in [3.05, 3.63) is 75.3 Å². The highest BCUT2D eigenvalue weighted by Gasteiger charge is 2.14. The molecule has 0 amide bonds. The van der Waals surface area contributed by atoms with Crippen LogP contribution in [0.5, 0.6) is 0 Å². The van der Waals surface area contributed by atoms with Gasteiger partial charge in [0.25, 0.3) is 0 Å². The molecule has 134 valence electrons. The minimum absolute atomic E-state index is 0.00657. The zero-order valence-electron chi connectivity index (χ0n) is 13.8. The summed E-state index contributed by atoms with van der Waals surface area (Å²) in [6.07, 6.45) is 3.53. The van der Waals surface area contributed by atoms with Crippen molar-refractivity contribution < 1.29 is 13.5 Å². The van der Waals surface area contributed by atoms with Crippen molar-refractivity contribution in [2.24, 2.45) is 0 Å². The molecule has 0 saturated heterocycles. The molecular formula is C18H15BrF2N4O. The molecule has 3 aromatic rings. The first-order valence-electron chi connectivity index (χ1n) is 7.84. The van der Waals surface area contributed by atoms with E-state index >= 15 is 0 Å². The minimum atomic E-state index is -0.612. The van der Waals surface area contributed by atoms with Crippen LogP contribution in [0.25, 0.3) is 11.4 Å². The molecule has 0 aliphatic heterocycles. The van der Waals surface area contributed by atoms with Gasteiger partial charge in [0.15, 0.2) is 18.2 Å². The zero-order valence-corrected chi connectivity index (χ0v) is 15.4. The first kappa shape index (κ1) is 18.2. The van der Waals surface area contributed by atoms with Crippen LogP contribution in [0, 0.1) is 23.8 Å². The quantitative estimate of drug-likeness (QED) is 0.387. The Morgan fingerprint density at radius 2 is 2.00 bits per heavy atom. The number of pyridine rings is 1. The summed E-state index contributed by atoms with van der Waals surface area (Å²) < 4.78 is 28.7. The number of aryl methyl sites for hydroxylation is 1. The van der Waals surface area contributed by atoms with E-state index in [9.17, 15) is 14.0 Å². The van der Waals surface area contributed by atoms with Crippen molar-refractivity contribution in [2.45, 2.75) is 13.3 Å². The SMILES string of the molecule is Cc1cc(NCCc2ccc[n+]([O-])c2)nc(-c2cc(F)c(Br)cc2F)n1. The molecule has 3 rings (SSSR count). The molecule has 0 unspecified atom stereocenters. The van der Waals surface area contributed by atoms with Gasteiger partial charge in [0.2, 0.25) is 0 Å². The lowest BCUT2D eigenvalue weighted by Gasteiger charge is -2.10. The zero-order chi connectivity index (χ0) is 18.7. The number of benzene rings is 1. The molecule has 5 nitrogen and oxygen atoms in total. The molecule has 0 spiro atoms. The fraction of sp³-hybridized carbons (Fsp3) is 0.167. The van der Waals surface area contributed by atoms with Gasteiger partial charge in [0, 0.05) is 29.9 Å². The third kappa shape index (κ3) is 4.32. The molecule has 0 aliphatic carbocycles. The van der Waals surface area contributed by atoms with Crippen LogP contribution in [-0.2, 0) is 6.42 Å². The van der Waals surface area contributed by atoms with E-state index in [2.05, 4.69) is 31.2 Å². The number of nitrogens with zero attached hydrogens (tertiary/aromatic N) is 3. The highest BCUT2D eigenvalue weighted by atomic mass is 79.9. The van der Waals surface area contributed by atoms with Crippen LogP contribution in [0.3, 0.4) is 0 Å². The fourth-order valence-electron chi connectivity index (χ4n) is 2.46. The van der Waals surface area contributed by atoms with Crippen molar-refractivity contribution >= 4 is 21.7 Å². The predicted octanol–water partition coefficient (Wildman–Crippen LogP) is 3.78. The Hall–Kier alpha value is -2.61. The van der Waals surface area contributed by atoms with E-state index in [1.54, 1.807) is 19.1 Å². The monoisotopic (exact) mass is 420 g/mol. The Bertz CT molecular complexity index is 952. The normalized spacial score (nSPS) is 10.8. The van der Waals surface area contributed by atoms with Crippen LogP contribution >= 0.6 is 15.9 Å². The van der Waals surface area contributed by atoms with Crippen molar-refractivity contribution in [1.29, 1.82) is 0 Å². The van der Waals surface area contributed by atoms with E-state index in [0.717, 1.165) is 22.4 Å². The minimum Gasteiger partial charge on any atom is -0.619 e. The topological polar surface area (TPSA) is 64.8 Å². The summed E-state index contributed by atoms with van der Waals surface area (Å²) in [4.78, 5) is 8.47. The van der Waals surface area contributed by atoms with Crippen LogP contribution in [0.2, 0.25) is 0 Å². The van der Waals surface area contributed by atoms with Gasteiger partial charge in [-0.15, -0.1) is 0 Å². The summed E-state index contributed by atoms with van der Waals surface area (Å²) >= 11 is 2.95. The predicted molar refractivity (Wildman–Crippen MR) is 97.4 cm³/mol. The van der Waals surface area contributed by atoms with Crippen molar-refractivity contribution in [3.63, 3.8) is 0 Å². The molecule has 2 aromatic heterocycles. The first-order valence-corrected chi connectivity index (χ1v) is 8.64. The number of hydrogen-bond acceptors (Lipinski definition) is 4. The number of aromatic nitrogens is 3. The summed E-state index contributed by atoms with van der Waals surface area (Å²) in [5, 5.41) is 14.4. The number of halogens is 3. The van der Waals surface area contributed by atoms with E-state index in [1.807, 2.05) is 6.07 Å². The lowest BCUT2D eigenvalue weighted by molar-refractivity contribution is -0.605. The Kier molecular flexibility index (Phi) is 5.41. The second-order valence-electron chi connectivity index (χ2n) is 5.71. The molecule has 0 radical (unpaired) electrons. The van der Waals surface area contributed by atoms with Gasteiger partial charge in [0.1, 0.15) is 17.5 Å². The van der Waals surface area contributed by atoms with Gasteiger partial charge in [-0.1, -0.05) is 0 Å². The number of rotatable bonds is 5. The number of nitrogens with one attached hydrogen (secondary N) is 1. The van der Waals surface area contributed by atoms with Crippen LogP contribution in [0.4, 0.5) is 14.6 Å². The van der Waals surface area contributed by atoms with Gasteiger partial charge in [-0.3, -0.25) is 0 Å². The van der Waals surface area contributed by atoms with E-state index < -0.39 is 11.6 Å². The summed E-state index contributed by atoms with van der Waals surface area (Å²) in [6.45, 7) is 2.28. The maximum absolute atomic E-state index is 14.2. The van der Waals surface area contributed by atoms with E-state index in [-0.39, 0.29) is 15.9 Å². The molecule has 0 fully saturated rings. The summed E-state index contributed by atoms with van der Waals surface area (Å²) in [6, 6.07) is 7.37. The number of anilines is 1. The van der Waals surface area contributed by atoms with Crippen molar-refractivity contribution in [3.8, 4) is 11.4 Å². The van der Waals surface area contributed by atoms with Gasteiger partial charge in [0.05, 0.1) is 10.0 Å². The Morgan fingerprint density at radius 1 is 1.19 bits per heavy atom. The van der Waals surface area contributed by atoms with Crippen molar-refractivity contribution in [1.82, 2.24) is 9.97 Å². The molecule has 0 saturated carbocycles. The second-order valence-corrected chi connectivity index (χ2v) is 6.57. The molecule has 1 aromatic carbocycles. The summed E-state index contributed by atoms with van der Waals surface area (Å²) in [5.74, 6) is -0.593. The van der Waals surface area contributed by atoms with E-state index in [4.69, 9.17) is 0 Å². The summed E-state index contributed by atoms with van der Waals surface area (Å²) in [5.41, 5.74) is 1.49. The largest absolute Gasteiger partial charge is 0.619 e. The van der Waals surface area contributed by atoms with Crippen LogP contribution in [0.15, 0.2) is 47.2 Å². The first-order chi connectivity index (χ1) is 12.4. The molecule has 0 bridgehead atoms. The van der Waals surface area contributed by atoms with Gasteiger partial charge < -0.3 is 10.5 Å². The third-order valence-corrected chi connectivity index (χ3v) is 4.27. The maximum atomic E-state index is 14.2. The maximum Gasteiger partial charge on any atom is 0.183 e. The van der Waals surface area contributed by atoms with Gasteiger partial charge >= 0.3 is 0 Å². The molecule has 2 heterocycles. The van der Waals surface area contributed by atoms with Crippen molar-refractivity contribution in [2.75, 3.05) is 11.9 Å². The molecule has 1 N–H and O–H groups in total. The standard InChI is InChI=1S/C18H15BrF2N4O/c1-11-7-17(22-5-4-12-3-2-6-25(26)10-12)24-18(23-11)13-8-16(21)14(19)9-15(13)20/h2-3,6-10H,4-5H2,1H3,(H,22,23,24). The van der Waals surface area contributed by atoms with Crippen LogP contribution in [0.1, 0.15) is 11.3 Å². The Morgan fingerprint density at radius 3 is 2.77 bits per heavy atom. The lowest BCUT2D eigenvalue weighted by Crippen LogP contribution is -2.25. The average Bonchev–Trinajstić information content (AvgIpc) is 2.58. The Balaban J connectivity index is 1.79. The third-order valence-electron chi connectivity index (χ3n) is 3.66. The molecule has 8 heteroatoms. The Labute approximate surface area is 157 Å². The van der Waals surface area contributed by atoms with Gasteiger partial charge in [-0.25, -0.2) is 18.7 Å². The molecule has 26 heavy (non-hydrogen) atoms. The second kappa shape index (κ2) is 7.74. The molecule has 0 aliphatic rings. The number of hydrogen-bond donors (Lipinski definition) is 1. The van der Waals surface area contributed by atoms with E-state index in [1.165, 1.54) is 12.4 Å². The summed E-state index contributed by atoms with van der Waals surface area (Å²) in [7, 11) is 0. The van der Waals surface area contributed by atoms with Gasteiger partial charge in [-0.2, -0.15) is 4.73 Å². The van der Waals surface area contributed by atoms with E-state index in [0.29, 0.717) is 24.5 Å². The smallest absolute Gasteiger partial charge is 0.183 e. The highest BCUT2D eigenvalue weighted by molar-refractivity contribution is 9.10. The fourth-order valence-corrected chi connectivity index (χ4v) is 2.77. The molecule has 0 atom stereocenters.